The van der Waals surface area contributed by atoms with Gasteiger partial charge in [-0.1, -0.05) is 127 Å². The van der Waals surface area contributed by atoms with Crippen LogP contribution in [-0.2, 0) is 0 Å². The molecule has 0 aliphatic rings. The molecule has 0 bridgehead atoms. The molecule has 0 fully saturated rings. The van der Waals surface area contributed by atoms with E-state index >= 15 is 0 Å². The first-order valence-electron chi connectivity index (χ1n) is 16.7. The number of hydrogen-bond donors (Lipinski definition) is 0. The molecule has 6 aromatic carbocycles. The standard InChI is InChI=1S/C44H28N6/c1-4-14-29(15-5-1)42-46-43(30-16-6-2-7-17-30)48-44(47-42)50-39-23-13-10-20-33(39)35-25-24-31(26-40(35)50)36-27-45-28-37-34-21-11-12-22-38(34)49(41(36)37)32-18-8-3-9-19-32/h1-28H. The molecular weight excluding hydrogens is 613 g/mol. The van der Waals surface area contributed by atoms with Crippen LogP contribution in [0.2, 0.25) is 0 Å². The average Bonchev–Trinajstić information content (AvgIpc) is 3.71. The predicted octanol–water partition coefficient (Wildman–Crippen LogP) is 10.5. The minimum absolute atomic E-state index is 0.566. The van der Waals surface area contributed by atoms with E-state index in [0.29, 0.717) is 17.6 Å². The van der Waals surface area contributed by atoms with Gasteiger partial charge in [0.25, 0.3) is 0 Å². The molecule has 4 aromatic heterocycles. The third-order valence-electron chi connectivity index (χ3n) is 9.46. The largest absolute Gasteiger partial charge is 0.309 e. The summed E-state index contributed by atoms with van der Waals surface area (Å²) in [6, 6.07) is 54.5. The number of rotatable bonds is 5. The Morgan fingerprint density at radius 2 is 0.920 bits per heavy atom. The van der Waals surface area contributed by atoms with E-state index in [1.165, 1.54) is 5.39 Å². The van der Waals surface area contributed by atoms with Crippen LogP contribution in [0.25, 0.3) is 89.2 Å². The number of benzene rings is 6. The first-order chi connectivity index (χ1) is 24.8. The van der Waals surface area contributed by atoms with Crippen molar-refractivity contribution in [1.82, 2.24) is 29.1 Å². The normalized spacial score (nSPS) is 11.6. The maximum Gasteiger partial charge on any atom is 0.238 e. The SMILES string of the molecule is c1ccc(-c2nc(-c3ccccc3)nc(-n3c4ccccc4c4ccc(-c5cncc6c7ccccc7n(-c7ccccc7)c56)cc43)n2)cc1. The van der Waals surface area contributed by atoms with Gasteiger partial charge >= 0.3 is 0 Å². The summed E-state index contributed by atoms with van der Waals surface area (Å²) in [4.78, 5) is 20.0. The molecule has 0 radical (unpaired) electrons. The number of aromatic nitrogens is 6. The number of fused-ring (bicyclic) bond motifs is 6. The molecular formula is C44H28N6. The number of para-hydroxylation sites is 3. The molecule has 10 aromatic rings. The van der Waals surface area contributed by atoms with Gasteiger partial charge in [0.2, 0.25) is 5.95 Å². The van der Waals surface area contributed by atoms with Gasteiger partial charge in [0.1, 0.15) is 0 Å². The molecule has 6 heteroatoms. The highest BCUT2D eigenvalue weighted by Crippen LogP contribution is 2.40. The molecule has 0 saturated carbocycles. The molecule has 0 saturated heterocycles. The van der Waals surface area contributed by atoms with Crippen molar-refractivity contribution in [2.24, 2.45) is 0 Å². The summed E-state index contributed by atoms with van der Waals surface area (Å²) in [5, 5.41) is 4.53. The first kappa shape index (κ1) is 28.1. The summed E-state index contributed by atoms with van der Waals surface area (Å²) in [7, 11) is 0. The van der Waals surface area contributed by atoms with Crippen molar-refractivity contribution in [3.8, 4) is 45.5 Å². The Morgan fingerprint density at radius 3 is 1.58 bits per heavy atom. The molecule has 4 heterocycles. The Morgan fingerprint density at radius 1 is 0.380 bits per heavy atom. The highest BCUT2D eigenvalue weighted by atomic mass is 15.2. The van der Waals surface area contributed by atoms with Gasteiger partial charge in [-0.05, 0) is 35.9 Å². The van der Waals surface area contributed by atoms with E-state index in [-0.39, 0.29) is 0 Å². The maximum absolute atomic E-state index is 5.13. The fraction of sp³-hybridized carbons (Fsp3) is 0. The van der Waals surface area contributed by atoms with Gasteiger partial charge in [0, 0.05) is 56.3 Å². The van der Waals surface area contributed by atoms with Crippen LogP contribution in [0.5, 0.6) is 0 Å². The molecule has 0 N–H and O–H groups in total. The van der Waals surface area contributed by atoms with Gasteiger partial charge < -0.3 is 4.57 Å². The van der Waals surface area contributed by atoms with Crippen molar-refractivity contribution < 1.29 is 0 Å². The second-order valence-electron chi connectivity index (χ2n) is 12.4. The molecule has 0 aliphatic carbocycles. The molecule has 6 nitrogen and oxygen atoms in total. The van der Waals surface area contributed by atoms with Crippen LogP contribution in [0, 0.1) is 0 Å². The maximum atomic E-state index is 5.13. The van der Waals surface area contributed by atoms with Crippen LogP contribution >= 0.6 is 0 Å². The van der Waals surface area contributed by atoms with Crippen LogP contribution in [0.1, 0.15) is 0 Å². The third-order valence-corrected chi connectivity index (χ3v) is 9.46. The average molecular weight is 641 g/mol. The van der Waals surface area contributed by atoms with E-state index in [9.17, 15) is 0 Å². The van der Waals surface area contributed by atoms with Crippen molar-refractivity contribution in [2.45, 2.75) is 0 Å². The lowest BCUT2D eigenvalue weighted by Crippen LogP contribution is -2.06. The van der Waals surface area contributed by atoms with Gasteiger partial charge in [0.05, 0.1) is 22.1 Å². The number of hydrogen-bond acceptors (Lipinski definition) is 4. The highest BCUT2D eigenvalue weighted by molar-refractivity contribution is 6.15. The molecule has 0 spiro atoms. The van der Waals surface area contributed by atoms with Gasteiger partial charge in [-0.2, -0.15) is 9.97 Å². The van der Waals surface area contributed by atoms with Gasteiger partial charge in [-0.25, -0.2) is 4.98 Å². The third kappa shape index (κ3) is 4.43. The molecule has 0 unspecified atom stereocenters. The fourth-order valence-electron chi connectivity index (χ4n) is 7.22. The van der Waals surface area contributed by atoms with E-state index in [0.717, 1.165) is 66.2 Å². The molecule has 0 amide bonds. The summed E-state index contributed by atoms with van der Waals surface area (Å²) in [6.45, 7) is 0. The Balaban J connectivity index is 1.27. The summed E-state index contributed by atoms with van der Waals surface area (Å²) in [5.41, 5.74) is 9.37. The van der Waals surface area contributed by atoms with Crippen molar-refractivity contribution in [1.29, 1.82) is 0 Å². The zero-order chi connectivity index (χ0) is 33.0. The van der Waals surface area contributed by atoms with Crippen molar-refractivity contribution in [3.05, 3.63) is 170 Å². The lowest BCUT2D eigenvalue weighted by molar-refractivity contribution is 0.953. The summed E-state index contributed by atoms with van der Waals surface area (Å²) in [5.74, 6) is 1.81. The Labute approximate surface area is 287 Å². The van der Waals surface area contributed by atoms with Crippen LogP contribution in [0.15, 0.2) is 170 Å². The Hall–Kier alpha value is -6.92. The molecule has 0 aliphatic heterocycles. The van der Waals surface area contributed by atoms with E-state index in [1.54, 1.807) is 0 Å². The number of nitrogens with zero attached hydrogens (tertiary/aromatic N) is 6. The molecule has 50 heavy (non-hydrogen) atoms. The zero-order valence-corrected chi connectivity index (χ0v) is 26.8. The van der Waals surface area contributed by atoms with Gasteiger partial charge in [-0.15, -0.1) is 0 Å². The minimum Gasteiger partial charge on any atom is -0.309 e. The second-order valence-corrected chi connectivity index (χ2v) is 12.4. The van der Waals surface area contributed by atoms with Gasteiger partial charge in [0.15, 0.2) is 11.6 Å². The van der Waals surface area contributed by atoms with Crippen molar-refractivity contribution >= 4 is 43.6 Å². The van der Waals surface area contributed by atoms with Gasteiger partial charge in [-0.3, -0.25) is 9.55 Å². The van der Waals surface area contributed by atoms with Crippen LogP contribution in [-0.4, -0.2) is 29.1 Å². The highest BCUT2D eigenvalue weighted by Gasteiger charge is 2.21. The second kappa shape index (κ2) is 11.4. The first-order valence-corrected chi connectivity index (χ1v) is 16.7. The predicted molar refractivity (Wildman–Crippen MR) is 203 cm³/mol. The minimum atomic E-state index is 0.566. The summed E-state index contributed by atoms with van der Waals surface area (Å²) in [6.07, 6.45) is 3.97. The van der Waals surface area contributed by atoms with Crippen molar-refractivity contribution in [3.63, 3.8) is 0 Å². The van der Waals surface area contributed by atoms with Crippen LogP contribution < -0.4 is 0 Å². The molecule has 234 valence electrons. The quantitative estimate of drug-likeness (QED) is 0.188. The monoisotopic (exact) mass is 640 g/mol. The zero-order valence-electron chi connectivity index (χ0n) is 26.8. The Kier molecular flexibility index (Phi) is 6.39. The van der Waals surface area contributed by atoms with E-state index in [4.69, 9.17) is 19.9 Å². The fourth-order valence-corrected chi connectivity index (χ4v) is 7.22. The lowest BCUT2D eigenvalue weighted by Gasteiger charge is -2.13. The lowest BCUT2D eigenvalue weighted by atomic mass is 10.0. The topological polar surface area (TPSA) is 61.4 Å². The summed E-state index contributed by atoms with van der Waals surface area (Å²) < 4.78 is 4.53. The van der Waals surface area contributed by atoms with Crippen molar-refractivity contribution in [2.75, 3.05) is 0 Å². The van der Waals surface area contributed by atoms with Crippen LogP contribution in [0.3, 0.4) is 0 Å². The van der Waals surface area contributed by atoms with Crippen LogP contribution in [0.4, 0.5) is 0 Å². The Bertz CT molecular complexity index is 2800. The van der Waals surface area contributed by atoms with E-state index < -0.39 is 0 Å². The molecule has 0 atom stereocenters. The van der Waals surface area contributed by atoms with E-state index in [2.05, 4.69) is 106 Å². The molecule has 10 rings (SSSR count). The summed E-state index contributed by atoms with van der Waals surface area (Å²) >= 11 is 0. The smallest absolute Gasteiger partial charge is 0.238 e. The van der Waals surface area contributed by atoms with E-state index in [1.807, 2.05) is 73.1 Å². The number of pyridine rings is 1.